The Morgan fingerprint density at radius 1 is 0.896 bits per heavy atom. The van der Waals surface area contributed by atoms with Crippen molar-refractivity contribution in [3.63, 3.8) is 0 Å². The Morgan fingerprint density at radius 3 is 2.35 bits per heavy atom. The van der Waals surface area contributed by atoms with Gasteiger partial charge in [-0.1, -0.05) is 67.1 Å². The van der Waals surface area contributed by atoms with Gasteiger partial charge in [0.25, 0.3) is 11.8 Å². The second-order valence-corrected chi connectivity index (χ2v) is 13.7. The molecule has 0 aliphatic heterocycles. The number of thioether (sulfide) groups is 1. The van der Waals surface area contributed by atoms with Gasteiger partial charge in [0, 0.05) is 32.0 Å². The van der Waals surface area contributed by atoms with E-state index in [9.17, 15) is 19.2 Å². The van der Waals surface area contributed by atoms with Gasteiger partial charge in [-0.2, -0.15) is 0 Å². The average molecular weight is 696 g/mol. The third-order valence-corrected chi connectivity index (χ3v) is 10.2. The van der Waals surface area contributed by atoms with Gasteiger partial charge in [-0.25, -0.2) is 4.79 Å². The van der Waals surface area contributed by atoms with Crippen LogP contribution in [0.5, 0.6) is 0 Å². The molecule has 1 unspecified atom stereocenters. The summed E-state index contributed by atoms with van der Waals surface area (Å²) in [6, 6.07) is 27.4. The lowest BCUT2D eigenvalue weighted by Crippen LogP contribution is -2.30. The van der Waals surface area contributed by atoms with E-state index in [4.69, 9.17) is 4.74 Å². The van der Waals surface area contributed by atoms with Crippen molar-refractivity contribution in [2.75, 3.05) is 17.7 Å². The molecule has 0 aliphatic rings. The summed E-state index contributed by atoms with van der Waals surface area (Å²) in [4.78, 5) is 54.3. The quantitative estimate of drug-likeness (QED) is 0.0686. The number of carbonyl (C=O) groups excluding carboxylic acids is 4. The Kier molecular flexibility index (Phi) is 11.6. The second kappa shape index (κ2) is 16.2. The van der Waals surface area contributed by atoms with Crippen molar-refractivity contribution in [3.8, 4) is 11.1 Å². The van der Waals surface area contributed by atoms with Crippen molar-refractivity contribution in [3.05, 3.63) is 129 Å². The van der Waals surface area contributed by atoms with Gasteiger partial charge < -0.3 is 20.7 Å². The molecule has 5 aromatic rings. The van der Waals surface area contributed by atoms with Crippen LogP contribution in [0.4, 0.5) is 10.7 Å². The van der Waals surface area contributed by atoms with Crippen LogP contribution in [0.1, 0.15) is 44.5 Å². The first-order valence-electron chi connectivity index (χ1n) is 15.0. The largest absolute Gasteiger partial charge is 0.465 e. The minimum Gasteiger partial charge on any atom is -0.465 e. The number of esters is 1. The summed E-state index contributed by atoms with van der Waals surface area (Å²) in [5, 5.41) is 12.2. The SMILES string of the molecule is CCC(Sc1cccc(NC(=O)/C(=C/c2cccs2)NC(=O)c2ccccc2)c1)C(=O)Nc1scc(-c2ccc(C)cc2)c1C(=O)OC. The highest BCUT2D eigenvalue weighted by atomic mass is 32.2. The highest BCUT2D eigenvalue weighted by Gasteiger charge is 2.25. The maximum absolute atomic E-state index is 13.5. The molecule has 48 heavy (non-hydrogen) atoms. The number of benzene rings is 3. The number of hydrogen-bond acceptors (Lipinski definition) is 8. The van der Waals surface area contributed by atoms with Gasteiger partial charge in [0.15, 0.2) is 0 Å². The van der Waals surface area contributed by atoms with Gasteiger partial charge in [-0.15, -0.1) is 34.4 Å². The fraction of sp³-hybridized carbons (Fsp3) is 0.135. The number of ether oxygens (including phenoxy) is 1. The van der Waals surface area contributed by atoms with Crippen LogP contribution in [0.15, 0.2) is 112 Å². The molecule has 1 atom stereocenters. The molecule has 3 aromatic carbocycles. The minimum atomic E-state index is -0.529. The Bertz CT molecular complexity index is 1930. The Hall–Kier alpha value is -4.97. The summed E-state index contributed by atoms with van der Waals surface area (Å²) in [5.74, 6) is -1.68. The summed E-state index contributed by atoms with van der Waals surface area (Å²) in [5.41, 5.74) is 3.98. The van der Waals surface area contributed by atoms with E-state index in [2.05, 4.69) is 16.0 Å². The number of hydrogen-bond donors (Lipinski definition) is 3. The maximum atomic E-state index is 13.5. The number of amides is 3. The molecule has 2 aromatic heterocycles. The molecular formula is C37H33N3O5S3. The molecule has 8 nitrogen and oxygen atoms in total. The van der Waals surface area contributed by atoms with Crippen LogP contribution in [-0.4, -0.2) is 36.1 Å². The summed E-state index contributed by atoms with van der Waals surface area (Å²) in [6.45, 7) is 3.90. The summed E-state index contributed by atoms with van der Waals surface area (Å²) < 4.78 is 5.07. The summed E-state index contributed by atoms with van der Waals surface area (Å²) in [6.07, 6.45) is 2.14. The molecular weight excluding hydrogens is 663 g/mol. The zero-order valence-electron chi connectivity index (χ0n) is 26.4. The molecule has 0 spiro atoms. The van der Waals surface area contributed by atoms with E-state index in [1.54, 1.807) is 48.5 Å². The molecule has 3 amide bonds. The highest BCUT2D eigenvalue weighted by Crippen LogP contribution is 2.37. The molecule has 0 saturated heterocycles. The summed E-state index contributed by atoms with van der Waals surface area (Å²) >= 11 is 4.06. The molecule has 0 radical (unpaired) electrons. The first-order chi connectivity index (χ1) is 23.2. The standard InChI is InChI=1S/C37H33N3O5S3/c1-4-31(35(43)40-36-32(37(44)45-3)29(22-47-36)24-17-15-23(2)16-18-24)48-28-13-8-12-26(20-28)38-34(42)30(21-27-14-9-19-46-27)39-33(41)25-10-6-5-7-11-25/h5-22,31H,4H2,1-3H3,(H,38,42)(H,39,41)(H,40,43)/b30-21-. The van der Waals surface area contributed by atoms with E-state index in [1.165, 1.54) is 41.5 Å². The third kappa shape index (κ3) is 8.68. The lowest BCUT2D eigenvalue weighted by molar-refractivity contribution is -0.116. The lowest BCUT2D eigenvalue weighted by Gasteiger charge is -2.16. The summed E-state index contributed by atoms with van der Waals surface area (Å²) in [7, 11) is 1.32. The second-order valence-electron chi connectivity index (χ2n) is 10.6. The zero-order chi connectivity index (χ0) is 34.0. The minimum absolute atomic E-state index is 0.0949. The van der Waals surface area contributed by atoms with E-state index in [0.29, 0.717) is 33.8 Å². The Balaban J connectivity index is 1.30. The van der Waals surface area contributed by atoms with Gasteiger partial charge in [0.2, 0.25) is 5.91 Å². The molecule has 244 valence electrons. The zero-order valence-corrected chi connectivity index (χ0v) is 28.9. The molecule has 0 bridgehead atoms. The predicted molar refractivity (Wildman–Crippen MR) is 196 cm³/mol. The molecule has 3 N–H and O–H groups in total. The first-order valence-corrected chi connectivity index (χ1v) is 17.7. The van der Waals surface area contributed by atoms with E-state index in [-0.39, 0.29) is 11.6 Å². The first kappa shape index (κ1) is 34.4. The van der Waals surface area contributed by atoms with Gasteiger partial charge in [-0.3, -0.25) is 14.4 Å². The predicted octanol–water partition coefficient (Wildman–Crippen LogP) is 8.49. The normalized spacial score (nSPS) is 11.8. The lowest BCUT2D eigenvalue weighted by atomic mass is 10.0. The maximum Gasteiger partial charge on any atom is 0.341 e. The molecule has 11 heteroatoms. The van der Waals surface area contributed by atoms with Crippen LogP contribution in [0.25, 0.3) is 17.2 Å². The van der Waals surface area contributed by atoms with Crippen molar-refractivity contribution in [1.29, 1.82) is 0 Å². The number of rotatable bonds is 12. The number of nitrogens with one attached hydrogen (secondary N) is 3. The van der Waals surface area contributed by atoms with Crippen LogP contribution < -0.4 is 16.0 Å². The molecule has 2 heterocycles. The number of methoxy groups -OCH3 is 1. The van der Waals surface area contributed by atoms with Crippen LogP contribution in [-0.2, 0) is 14.3 Å². The average Bonchev–Trinajstić information content (AvgIpc) is 3.77. The van der Waals surface area contributed by atoms with Crippen molar-refractivity contribution >= 4 is 74.9 Å². The van der Waals surface area contributed by atoms with Crippen LogP contribution in [0, 0.1) is 6.92 Å². The topological polar surface area (TPSA) is 114 Å². The Labute approximate surface area is 291 Å². The van der Waals surface area contributed by atoms with Gasteiger partial charge in [0.1, 0.15) is 16.3 Å². The molecule has 0 aliphatic carbocycles. The van der Waals surface area contributed by atoms with Crippen molar-refractivity contribution in [1.82, 2.24) is 5.32 Å². The van der Waals surface area contributed by atoms with Gasteiger partial charge >= 0.3 is 5.97 Å². The van der Waals surface area contributed by atoms with E-state index < -0.39 is 23.0 Å². The molecule has 0 fully saturated rings. The molecule has 5 rings (SSSR count). The van der Waals surface area contributed by atoms with Crippen molar-refractivity contribution in [2.24, 2.45) is 0 Å². The smallest absolute Gasteiger partial charge is 0.341 e. The van der Waals surface area contributed by atoms with E-state index in [1.807, 2.05) is 73.1 Å². The number of anilines is 2. The van der Waals surface area contributed by atoms with Crippen LogP contribution in [0.2, 0.25) is 0 Å². The highest BCUT2D eigenvalue weighted by molar-refractivity contribution is 8.00. The van der Waals surface area contributed by atoms with Crippen molar-refractivity contribution < 1.29 is 23.9 Å². The molecule has 0 saturated carbocycles. The number of aryl methyl sites for hydroxylation is 1. The van der Waals surface area contributed by atoms with Crippen molar-refractivity contribution in [2.45, 2.75) is 30.4 Å². The van der Waals surface area contributed by atoms with Gasteiger partial charge in [-0.05, 0) is 66.8 Å². The Morgan fingerprint density at radius 2 is 1.67 bits per heavy atom. The van der Waals surface area contributed by atoms with Crippen LogP contribution >= 0.6 is 34.4 Å². The number of thiophene rings is 2. The monoisotopic (exact) mass is 695 g/mol. The fourth-order valence-electron chi connectivity index (χ4n) is 4.68. The fourth-order valence-corrected chi connectivity index (χ4v) is 7.31. The van der Waals surface area contributed by atoms with E-state index >= 15 is 0 Å². The third-order valence-electron chi connectivity index (χ3n) is 7.17. The van der Waals surface area contributed by atoms with Gasteiger partial charge in [0.05, 0.1) is 12.4 Å². The van der Waals surface area contributed by atoms with Crippen LogP contribution in [0.3, 0.4) is 0 Å². The number of carbonyl (C=O) groups is 4. The van der Waals surface area contributed by atoms with E-state index in [0.717, 1.165) is 20.9 Å².